The Balaban J connectivity index is 1.23. The number of nitrogens with one attached hydrogen (secondary N) is 1. The molecule has 1 amide bonds. The number of hydrogen-bond donors (Lipinski definition) is 1. The van der Waals surface area contributed by atoms with Crippen LogP contribution in [0, 0.1) is 0 Å². The third-order valence-electron chi connectivity index (χ3n) is 7.45. The molecule has 1 aromatic heterocycles. The van der Waals surface area contributed by atoms with Crippen molar-refractivity contribution >= 4 is 11.5 Å². The third kappa shape index (κ3) is 5.81. The van der Waals surface area contributed by atoms with Crippen molar-refractivity contribution in [3.05, 3.63) is 143 Å². The quantitative estimate of drug-likeness (QED) is 0.212. The van der Waals surface area contributed by atoms with Crippen molar-refractivity contribution in [2.45, 2.75) is 32.1 Å². The normalized spacial score (nSPS) is 13.0. The molecule has 198 valence electrons. The molecule has 1 aliphatic rings. The fourth-order valence-electron chi connectivity index (χ4n) is 5.42. The van der Waals surface area contributed by atoms with Gasteiger partial charge in [-0.25, -0.2) is 4.98 Å². The number of nitrogens with zero attached hydrogens (tertiary/aromatic N) is 1. The zero-order valence-electron chi connectivity index (χ0n) is 22.5. The lowest BCUT2D eigenvalue weighted by atomic mass is 10.00. The highest BCUT2D eigenvalue weighted by atomic mass is 16.4. The van der Waals surface area contributed by atoms with Gasteiger partial charge >= 0.3 is 0 Å². The van der Waals surface area contributed by atoms with Crippen molar-refractivity contribution in [2.75, 3.05) is 6.54 Å². The number of hydrogen-bond acceptors (Lipinski definition) is 3. The molecule has 0 radical (unpaired) electrons. The Labute approximate surface area is 235 Å². The zero-order chi connectivity index (χ0) is 27.1. The van der Waals surface area contributed by atoms with Gasteiger partial charge in [0.1, 0.15) is 5.69 Å². The molecule has 40 heavy (non-hydrogen) atoms. The number of carbonyl (C=O) groups excluding carboxylic acids is 1. The molecule has 0 atom stereocenters. The Hall–Kier alpha value is -4.70. The second kappa shape index (κ2) is 12.0. The Morgan fingerprint density at radius 3 is 2.17 bits per heavy atom. The van der Waals surface area contributed by atoms with E-state index in [1.54, 1.807) is 0 Å². The summed E-state index contributed by atoms with van der Waals surface area (Å²) < 4.78 is 6.52. The molecule has 0 saturated heterocycles. The van der Waals surface area contributed by atoms with Crippen molar-refractivity contribution < 1.29 is 9.21 Å². The van der Waals surface area contributed by atoms with Gasteiger partial charge in [0.15, 0.2) is 5.76 Å². The maximum Gasteiger partial charge on any atom is 0.251 e. The van der Waals surface area contributed by atoms with Crippen molar-refractivity contribution in [1.29, 1.82) is 0 Å². The van der Waals surface area contributed by atoms with E-state index in [-0.39, 0.29) is 5.91 Å². The van der Waals surface area contributed by atoms with Crippen LogP contribution in [0.2, 0.25) is 0 Å². The second-order valence-corrected chi connectivity index (χ2v) is 10.2. The Bertz CT molecular complexity index is 1560. The first-order valence-corrected chi connectivity index (χ1v) is 14.0. The number of rotatable bonds is 9. The molecule has 4 nitrogen and oxygen atoms in total. The van der Waals surface area contributed by atoms with E-state index >= 15 is 0 Å². The molecule has 1 aliphatic carbocycles. The molecule has 0 unspecified atom stereocenters. The molecule has 6 rings (SSSR count). The first kappa shape index (κ1) is 25.6. The molecule has 0 fully saturated rings. The first-order chi connectivity index (χ1) is 19.7. The summed E-state index contributed by atoms with van der Waals surface area (Å²) in [6.07, 6.45) is 4.62. The van der Waals surface area contributed by atoms with E-state index in [4.69, 9.17) is 9.40 Å². The molecule has 1 N–H and O–H groups in total. The maximum atomic E-state index is 12.9. The SMILES string of the molecule is O=C(NCCc1ccccc1)c1cccc(CC2=C(c3nc(-c4ccccc4)c(-c4ccccc4)o3)CCC2)c1. The molecule has 4 aromatic carbocycles. The van der Waals surface area contributed by atoms with Crippen LogP contribution in [-0.4, -0.2) is 17.4 Å². The molecular formula is C36H32N2O2. The van der Waals surface area contributed by atoms with Gasteiger partial charge in [-0.15, -0.1) is 0 Å². The highest BCUT2D eigenvalue weighted by Gasteiger charge is 2.24. The van der Waals surface area contributed by atoms with Gasteiger partial charge in [0, 0.05) is 28.8 Å². The van der Waals surface area contributed by atoms with E-state index in [1.807, 2.05) is 72.8 Å². The summed E-state index contributed by atoms with van der Waals surface area (Å²) in [4.78, 5) is 17.9. The highest BCUT2D eigenvalue weighted by Crippen LogP contribution is 2.40. The largest absolute Gasteiger partial charge is 0.436 e. The first-order valence-electron chi connectivity index (χ1n) is 14.0. The van der Waals surface area contributed by atoms with Gasteiger partial charge in [-0.2, -0.15) is 0 Å². The lowest BCUT2D eigenvalue weighted by Crippen LogP contribution is -2.25. The maximum absolute atomic E-state index is 12.9. The molecule has 0 aliphatic heterocycles. The van der Waals surface area contributed by atoms with Crippen LogP contribution in [-0.2, 0) is 12.8 Å². The number of amides is 1. The Morgan fingerprint density at radius 1 is 0.750 bits per heavy atom. The summed E-state index contributed by atoms with van der Waals surface area (Å²) in [7, 11) is 0. The topological polar surface area (TPSA) is 55.1 Å². The minimum absolute atomic E-state index is 0.0360. The van der Waals surface area contributed by atoms with Crippen molar-refractivity contribution in [1.82, 2.24) is 10.3 Å². The number of carbonyl (C=O) groups is 1. The fourth-order valence-corrected chi connectivity index (χ4v) is 5.42. The van der Waals surface area contributed by atoms with Crippen molar-refractivity contribution in [3.8, 4) is 22.6 Å². The summed E-state index contributed by atoms with van der Waals surface area (Å²) in [6.45, 7) is 0.611. The predicted octanol–water partition coefficient (Wildman–Crippen LogP) is 8.16. The van der Waals surface area contributed by atoms with Gasteiger partial charge in [0.25, 0.3) is 5.91 Å². The highest BCUT2D eigenvalue weighted by molar-refractivity contribution is 5.94. The van der Waals surface area contributed by atoms with E-state index in [2.05, 4.69) is 47.8 Å². The lowest BCUT2D eigenvalue weighted by molar-refractivity contribution is 0.0954. The summed E-state index contributed by atoms with van der Waals surface area (Å²) in [6, 6.07) is 38.6. The molecular weight excluding hydrogens is 492 g/mol. The van der Waals surface area contributed by atoms with E-state index in [9.17, 15) is 4.79 Å². The van der Waals surface area contributed by atoms with Crippen LogP contribution in [0.3, 0.4) is 0 Å². The average molecular weight is 525 g/mol. The van der Waals surface area contributed by atoms with Crippen molar-refractivity contribution in [2.24, 2.45) is 0 Å². The Morgan fingerprint density at radius 2 is 1.43 bits per heavy atom. The van der Waals surface area contributed by atoms with E-state index in [0.717, 1.165) is 60.2 Å². The second-order valence-electron chi connectivity index (χ2n) is 10.2. The van der Waals surface area contributed by atoms with E-state index in [1.165, 1.54) is 16.7 Å². The minimum atomic E-state index is -0.0360. The average Bonchev–Trinajstić information content (AvgIpc) is 3.66. The third-order valence-corrected chi connectivity index (χ3v) is 7.45. The number of allylic oxidation sites excluding steroid dienone is 2. The predicted molar refractivity (Wildman–Crippen MR) is 161 cm³/mol. The zero-order valence-corrected chi connectivity index (χ0v) is 22.5. The summed E-state index contributed by atoms with van der Waals surface area (Å²) in [5.41, 5.74) is 8.50. The van der Waals surface area contributed by atoms with Gasteiger partial charge < -0.3 is 9.73 Å². The van der Waals surface area contributed by atoms with Gasteiger partial charge in [0.2, 0.25) is 5.89 Å². The van der Waals surface area contributed by atoms with Crippen LogP contribution in [0.15, 0.2) is 125 Å². The van der Waals surface area contributed by atoms with Crippen LogP contribution in [0.5, 0.6) is 0 Å². The molecule has 0 saturated carbocycles. The van der Waals surface area contributed by atoms with Crippen LogP contribution >= 0.6 is 0 Å². The van der Waals surface area contributed by atoms with Gasteiger partial charge in [-0.3, -0.25) is 4.79 Å². The van der Waals surface area contributed by atoms with Crippen LogP contribution in [0.25, 0.3) is 28.2 Å². The van der Waals surface area contributed by atoms with E-state index < -0.39 is 0 Å². The van der Waals surface area contributed by atoms with E-state index in [0.29, 0.717) is 18.0 Å². The van der Waals surface area contributed by atoms with Crippen LogP contribution in [0.1, 0.15) is 46.6 Å². The molecule has 4 heteroatoms. The monoisotopic (exact) mass is 524 g/mol. The number of oxazole rings is 1. The standard InChI is InChI=1S/C36H32N2O2/c39-35(37-23-22-26-12-4-1-5-13-26)31-20-10-14-27(25-31)24-30-19-11-21-32(30)36-38-33(28-15-6-2-7-16-28)34(40-36)29-17-8-3-9-18-29/h1-10,12-18,20,25H,11,19,21-24H2,(H,37,39). The summed E-state index contributed by atoms with van der Waals surface area (Å²) in [5, 5.41) is 3.07. The molecule has 5 aromatic rings. The van der Waals surface area contributed by atoms with Crippen molar-refractivity contribution in [3.63, 3.8) is 0 Å². The van der Waals surface area contributed by atoms with Gasteiger partial charge in [-0.05, 0) is 55.4 Å². The smallest absolute Gasteiger partial charge is 0.251 e. The minimum Gasteiger partial charge on any atom is -0.436 e. The van der Waals surface area contributed by atoms with Gasteiger partial charge in [0.05, 0.1) is 0 Å². The summed E-state index contributed by atoms with van der Waals surface area (Å²) in [5.74, 6) is 1.47. The molecule has 0 bridgehead atoms. The fraction of sp³-hybridized carbons (Fsp3) is 0.167. The molecule has 1 heterocycles. The number of benzene rings is 4. The molecule has 0 spiro atoms. The van der Waals surface area contributed by atoms with Crippen LogP contribution < -0.4 is 5.32 Å². The summed E-state index contributed by atoms with van der Waals surface area (Å²) >= 11 is 0. The lowest BCUT2D eigenvalue weighted by Gasteiger charge is -2.09. The van der Waals surface area contributed by atoms with Gasteiger partial charge in [-0.1, -0.05) is 109 Å². The Kier molecular flexibility index (Phi) is 7.67. The van der Waals surface area contributed by atoms with Crippen LogP contribution in [0.4, 0.5) is 0 Å². The number of aromatic nitrogens is 1.